The molecule has 61 heavy (non-hydrogen) atoms. The number of piperidine rings is 1. The fourth-order valence-corrected chi connectivity index (χ4v) is 8.48. The Morgan fingerprint density at radius 3 is 2.44 bits per heavy atom. The van der Waals surface area contributed by atoms with Gasteiger partial charge in [0.25, 0.3) is 17.7 Å². The van der Waals surface area contributed by atoms with Crippen molar-refractivity contribution in [1.82, 2.24) is 25.1 Å². The van der Waals surface area contributed by atoms with Gasteiger partial charge < -0.3 is 15.6 Å². The van der Waals surface area contributed by atoms with Crippen LogP contribution in [-0.2, 0) is 31.0 Å². The first kappa shape index (κ1) is 42.3. The predicted molar refractivity (Wildman–Crippen MR) is 221 cm³/mol. The molecule has 1 atom stereocenters. The molecular weight excluding hydrogens is 813 g/mol. The fourth-order valence-electron chi connectivity index (χ4n) is 7.35. The summed E-state index contributed by atoms with van der Waals surface area (Å²) in [5.74, 6) is -5.98. The second-order valence-electron chi connectivity index (χ2n) is 14.8. The van der Waals surface area contributed by atoms with Gasteiger partial charge in [0.1, 0.15) is 17.5 Å². The van der Waals surface area contributed by atoms with Crippen LogP contribution < -0.4 is 15.4 Å². The van der Waals surface area contributed by atoms with Crippen molar-refractivity contribution in [2.24, 2.45) is 0 Å². The summed E-state index contributed by atoms with van der Waals surface area (Å²) in [6, 6.07) is 14.4. The highest BCUT2D eigenvalue weighted by Crippen LogP contribution is 2.32. The lowest BCUT2D eigenvalue weighted by Gasteiger charge is -2.32. The van der Waals surface area contributed by atoms with Crippen LogP contribution in [0.3, 0.4) is 0 Å². The number of hydrogen-bond acceptors (Lipinski definition) is 10. The Hall–Kier alpha value is -6.82. The molecule has 15 nitrogen and oxygen atoms in total. The quantitative estimate of drug-likeness (QED) is 0.0554. The highest BCUT2D eigenvalue weighted by atomic mass is 32.2. The van der Waals surface area contributed by atoms with Gasteiger partial charge in [-0.3, -0.25) is 43.3 Å². The maximum atomic E-state index is 15.4. The zero-order valence-electron chi connectivity index (χ0n) is 33.1. The van der Waals surface area contributed by atoms with Gasteiger partial charge in [0.2, 0.25) is 27.6 Å². The molecule has 2 aromatic heterocycles. The number of ketones is 1. The molecule has 1 fully saturated rings. The maximum absolute atomic E-state index is 15.4. The van der Waals surface area contributed by atoms with Crippen molar-refractivity contribution in [3.05, 3.63) is 113 Å². The smallest absolute Gasteiger partial charge is 0.262 e. The van der Waals surface area contributed by atoms with Crippen LogP contribution in [0.1, 0.15) is 87.6 Å². The Labute approximate surface area is 349 Å². The van der Waals surface area contributed by atoms with E-state index in [1.165, 1.54) is 19.3 Å². The van der Waals surface area contributed by atoms with Gasteiger partial charge in [-0.1, -0.05) is 31.2 Å². The van der Waals surface area contributed by atoms with Crippen molar-refractivity contribution in [1.29, 1.82) is 0 Å². The number of fused-ring (bicyclic) bond motifs is 2. The average Bonchev–Trinajstić information content (AvgIpc) is 3.77. The van der Waals surface area contributed by atoms with E-state index in [1.54, 1.807) is 31.3 Å². The average molecular weight is 854 g/mol. The lowest BCUT2D eigenvalue weighted by Crippen LogP contribution is -2.54. The molecule has 2 aliphatic heterocycles. The molecule has 316 valence electrons. The molecule has 0 saturated carbocycles. The Morgan fingerprint density at radius 2 is 1.69 bits per heavy atom. The summed E-state index contributed by atoms with van der Waals surface area (Å²) in [6.07, 6.45) is 4.77. The molecule has 0 aliphatic carbocycles. The number of aromatic nitrogens is 2. The van der Waals surface area contributed by atoms with Crippen LogP contribution in [0.4, 0.5) is 20.2 Å². The minimum Gasteiger partial charge on any atom is -0.385 e. The number of rotatable bonds is 16. The number of imide groups is 2. The summed E-state index contributed by atoms with van der Waals surface area (Å²) < 4.78 is 56.9. The predicted octanol–water partition coefficient (Wildman–Crippen LogP) is 5.53. The molecular formula is C43H41F2N7O8S. The number of sulfonamides is 1. The van der Waals surface area contributed by atoms with E-state index in [1.807, 2.05) is 24.3 Å². The van der Waals surface area contributed by atoms with E-state index < -0.39 is 62.5 Å². The maximum Gasteiger partial charge on any atom is 0.262 e. The number of aromatic amines is 1. The molecule has 5 aromatic rings. The van der Waals surface area contributed by atoms with Gasteiger partial charge >= 0.3 is 0 Å². The van der Waals surface area contributed by atoms with E-state index in [0.29, 0.717) is 41.7 Å². The van der Waals surface area contributed by atoms with Crippen LogP contribution in [-0.4, -0.2) is 88.9 Å². The van der Waals surface area contributed by atoms with Crippen LogP contribution in [0, 0.1) is 11.6 Å². The van der Waals surface area contributed by atoms with Gasteiger partial charge in [0, 0.05) is 67.6 Å². The summed E-state index contributed by atoms with van der Waals surface area (Å²) >= 11 is 0. The molecule has 0 spiro atoms. The molecule has 2 aliphatic rings. The number of unbranched alkanes of at least 4 members (excludes halogenated alkanes) is 1. The number of hydrogen-bond donors (Lipinski definition) is 4. The number of H-pyrrole nitrogens is 1. The monoisotopic (exact) mass is 853 g/mol. The normalized spacial score (nSPS) is 15.4. The Balaban J connectivity index is 0.896. The van der Waals surface area contributed by atoms with Crippen LogP contribution in [0.25, 0.3) is 22.2 Å². The third-order valence-corrected chi connectivity index (χ3v) is 12.1. The molecule has 4 heterocycles. The summed E-state index contributed by atoms with van der Waals surface area (Å²) in [6.45, 7) is 2.40. The van der Waals surface area contributed by atoms with Crippen LogP contribution in [0.2, 0.25) is 0 Å². The molecule has 1 unspecified atom stereocenters. The van der Waals surface area contributed by atoms with E-state index in [2.05, 4.69) is 25.3 Å². The number of amides is 5. The topological polar surface area (TPSA) is 208 Å². The Kier molecular flexibility index (Phi) is 12.1. The van der Waals surface area contributed by atoms with Crippen LogP contribution in [0.15, 0.2) is 73.1 Å². The van der Waals surface area contributed by atoms with Crippen molar-refractivity contribution >= 4 is 67.8 Å². The van der Waals surface area contributed by atoms with Crippen molar-refractivity contribution in [2.45, 2.75) is 58.0 Å². The lowest BCUT2D eigenvalue weighted by molar-refractivity contribution is -0.149. The first-order chi connectivity index (χ1) is 29.2. The van der Waals surface area contributed by atoms with Crippen molar-refractivity contribution < 1.29 is 46.0 Å². The summed E-state index contributed by atoms with van der Waals surface area (Å²) in [5.41, 5.74) is 1.95. The van der Waals surface area contributed by atoms with Gasteiger partial charge in [-0.2, -0.15) is 0 Å². The lowest BCUT2D eigenvalue weighted by atomic mass is 9.99. The van der Waals surface area contributed by atoms with E-state index in [0.717, 1.165) is 33.1 Å². The number of halogens is 2. The first-order valence-corrected chi connectivity index (χ1v) is 21.2. The Bertz CT molecular complexity index is 2720. The highest BCUT2D eigenvalue weighted by molar-refractivity contribution is 7.92. The van der Waals surface area contributed by atoms with Gasteiger partial charge in [0.05, 0.1) is 28.1 Å². The third kappa shape index (κ3) is 8.75. The largest absolute Gasteiger partial charge is 0.385 e. The number of anilines is 2. The van der Waals surface area contributed by atoms with Gasteiger partial charge in [-0.25, -0.2) is 22.2 Å². The molecule has 3 aromatic carbocycles. The van der Waals surface area contributed by atoms with E-state index in [9.17, 15) is 41.6 Å². The van der Waals surface area contributed by atoms with E-state index >= 15 is 4.39 Å². The minimum absolute atomic E-state index is 0.0568. The van der Waals surface area contributed by atoms with Crippen molar-refractivity contribution in [3.8, 4) is 11.1 Å². The van der Waals surface area contributed by atoms with Crippen molar-refractivity contribution in [2.75, 3.05) is 29.4 Å². The number of carbonyl (C=O) groups is 6. The van der Waals surface area contributed by atoms with Gasteiger partial charge in [0.15, 0.2) is 5.82 Å². The second-order valence-corrected chi connectivity index (χ2v) is 16.6. The summed E-state index contributed by atoms with van der Waals surface area (Å²) in [4.78, 5) is 86.1. The Morgan fingerprint density at radius 1 is 0.934 bits per heavy atom. The SMILES string of the molecule is CCCS(=O)(=O)Nc1ccc(F)c(C(=O)c2c[nH]c3ncc(-c4ccc(CNC(=O)CCCCNc5ccc6c(c5)C(=O)N(C5CCC(=O)N(C)C5=O)C6=O)cc4)cc23)c1F. The second kappa shape index (κ2) is 17.4. The van der Waals surface area contributed by atoms with Crippen LogP contribution >= 0.6 is 0 Å². The first-order valence-electron chi connectivity index (χ1n) is 19.6. The number of nitrogens with one attached hydrogen (secondary N) is 4. The molecule has 18 heteroatoms. The number of likely N-dealkylation sites (tertiary alicyclic amines) is 1. The van der Waals surface area contributed by atoms with E-state index in [-0.39, 0.29) is 66.5 Å². The molecule has 5 amide bonds. The number of pyridine rings is 1. The number of benzene rings is 3. The molecule has 0 bridgehead atoms. The highest BCUT2D eigenvalue weighted by Gasteiger charge is 2.46. The molecule has 1 saturated heterocycles. The zero-order valence-corrected chi connectivity index (χ0v) is 34.0. The standard InChI is InChI=1S/C43H41F2N7O8S/c1-3-18-61(59,60)50-33-14-13-32(44)37(38(33)45)39(55)31-23-49-40-29(31)19-26(22-48-40)25-9-7-24(8-10-25)21-47-35(53)6-4-5-17-46-27-11-12-28-30(20-27)42(57)52(41(28)56)34-15-16-36(54)51(2)43(34)58/h7-14,19-20,22-23,34,46,50H,3-6,15-18,21H2,1-2H3,(H,47,53)(H,48,49). The fraction of sp³-hybridized carbons (Fsp3) is 0.279. The zero-order chi connectivity index (χ0) is 43.6. The van der Waals surface area contributed by atoms with Crippen molar-refractivity contribution in [3.63, 3.8) is 0 Å². The summed E-state index contributed by atoms with van der Waals surface area (Å²) in [5, 5.41) is 6.41. The molecule has 0 radical (unpaired) electrons. The number of nitrogens with zero attached hydrogens (tertiary/aromatic N) is 3. The van der Waals surface area contributed by atoms with Crippen LogP contribution in [0.5, 0.6) is 0 Å². The number of likely N-dealkylation sites (N-methyl/N-ethyl adjacent to an activating group) is 1. The molecule has 4 N–H and O–H groups in total. The number of carbonyl (C=O) groups excluding carboxylic acids is 6. The van der Waals surface area contributed by atoms with Gasteiger partial charge in [-0.15, -0.1) is 0 Å². The minimum atomic E-state index is -3.91. The van der Waals surface area contributed by atoms with E-state index in [4.69, 9.17) is 0 Å². The van der Waals surface area contributed by atoms with Gasteiger partial charge in [-0.05, 0) is 73.2 Å². The molecule has 7 rings (SSSR count). The third-order valence-electron chi connectivity index (χ3n) is 10.6. The summed E-state index contributed by atoms with van der Waals surface area (Å²) in [7, 11) is -2.57.